The van der Waals surface area contributed by atoms with Gasteiger partial charge in [0.05, 0.1) is 6.54 Å². The van der Waals surface area contributed by atoms with Crippen molar-refractivity contribution in [1.82, 2.24) is 14.1 Å². The number of benzene rings is 1. The molecule has 0 saturated carbocycles. The van der Waals surface area contributed by atoms with E-state index >= 15 is 0 Å². The lowest BCUT2D eigenvalue weighted by atomic mass is 10.2. The van der Waals surface area contributed by atoms with Crippen molar-refractivity contribution in [3.05, 3.63) is 53.7 Å². The van der Waals surface area contributed by atoms with E-state index in [1.165, 1.54) is 12.4 Å². The molecule has 0 amide bonds. The molecule has 0 aliphatic carbocycles. The number of nitrogens with zero attached hydrogens (tertiary/aromatic N) is 3. The summed E-state index contributed by atoms with van der Waals surface area (Å²) >= 11 is 5.96. The smallest absolute Gasteiger partial charge is 0.319 e. The van der Waals surface area contributed by atoms with E-state index in [9.17, 15) is 8.78 Å². The molecule has 3 aromatic rings. The molecule has 0 atom stereocenters. The summed E-state index contributed by atoms with van der Waals surface area (Å²) in [6.45, 7) is -2.30. The molecule has 0 N–H and O–H groups in total. The van der Waals surface area contributed by atoms with Gasteiger partial charge in [-0.1, -0.05) is 17.7 Å². The zero-order chi connectivity index (χ0) is 13.4. The Bertz CT molecular complexity index is 718. The summed E-state index contributed by atoms with van der Waals surface area (Å²) in [6, 6.07) is 7.43. The normalized spacial score (nSPS) is 11.6. The predicted octanol–water partition coefficient (Wildman–Crippen LogP) is 3.93. The van der Waals surface area contributed by atoms with Crippen molar-refractivity contribution in [3.63, 3.8) is 0 Å². The van der Waals surface area contributed by atoms with Crippen molar-refractivity contribution >= 4 is 22.5 Å². The average molecular weight is 282 g/mol. The molecular weight excluding hydrogens is 272 g/mol. The maximum Gasteiger partial charge on any atom is 0.319 e. The first-order valence-corrected chi connectivity index (χ1v) is 6.07. The van der Waals surface area contributed by atoms with Crippen molar-refractivity contribution in [1.29, 1.82) is 0 Å². The van der Waals surface area contributed by atoms with Gasteiger partial charge in [-0.05, 0) is 23.6 Å². The lowest BCUT2D eigenvalue weighted by Crippen LogP contribution is -2.08. The minimum atomic E-state index is -2.58. The summed E-state index contributed by atoms with van der Waals surface area (Å²) in [5, 5.41) is 1.63. The molecule has 0 saturated heterocycles. The lowest BCUT2D eigenvalue weighted by Gasteiger charge is -2.08. The van der Waals surface area contributed by atoms with Gasteiger partial charge in [0.15, 0.2) is 0 Å². The molecule has 0 spiro atoms. The maximum absolute atomic E-state index is 12.8. The molecule has 6 heteroatoms. The van der Waals surface area contributed by atoms with Crippen molar-refractivity contribution < 1.29 is 8.78 Å². The number of aromatic nitrogens is 3. The van der Waals surface area contributed by atoms with E-state index in [4.69, 9.17) is 11.6 Å². The third kappa shape index (κ3) is 2.21. The van der Waals surface area contributed by atoms with Crippen LogP contribution in [-0.4, -0.2) is 14.1 Å². The molecular formula is C13H10ClF2N3. The van der Waals surface area contributed by atoms with E-state index in [0.717, 1.165) is 15.5 Å². The number of hydrogen-bond acceptors (Lipinski definition) is 1. The topological polar surface area (TPSA) is 22.8 Å². The number of halogens is 3. The van der Waals surface area contributed by atoms with Crippen molar-refractivity contribution in [2.45, 2.75) is 13.1 Å². The lowest BCUT2D eigenvalue weighted by molar-refractivity contribution is 0.0667. The summed E-state index contributed by atoms with van der Waals surface area (Å²) in [5.74, 6) is 0.312. The van der Waals surface area contributed by atoms with Crippen LogP contribution < -0.4 is 0 Å². The first-order chi connectivity index (χ1) is 9.15. The van der Waals surface area contributed by atoms with Crippen LogP contribution in [0.5, 0.6) is 0 Å². The van der Waals surface area contributed by atoms with Gasteiger partial charge in [-0.3, -0.25) is 4.57 Å². The zero-order valence-corrected chi connectivity index (χ0v) is 10.6. The van der Waals surface area contributed by atoms with Crippen LogP contribution in [0, 0.1) is 0 Å². The van der Waals surface area contributed by atoms with Crippen LogP contribution in [0.1, 0.15) is 12.4 Å². The van der Waals surface area contributed by atoms with Gasteiger partial charge in [0.25, 0.3) is 0 Å². The van der Waals surface area contributed by atoms with Crippen LogP contribution in [-0.2, 0) is 6.54 Å². The van der Waals surface area contributed by atoms with E-state index in [1.807, 2.05) is 29.0 Å². The monoisotopic (exact) mass is 281 g/mol. The SMILES string of the molecule is FC(F)n1ccnc1Cn1ccc2ccc(Cl)cc21. The fraction of sp³-hybridized carbons (Fsp3) is 0.154. The van der Waals surface area contributed by atoms with Crippen molar-refractivity contribution in [2.75, 3.05) is 0 Å². The third-order valence-electron chi connectivity index (χ3n) is 3.01. The molecule has 0 bridgehead atoms. The fourth-order valence-electron chi connectivity index (χ4n) is 2.09. The Labute approximate surface area is 113 Å². The minimum absolute atomic E-state index is 0.279. The summed E-state index contributed by atoms with van der Waals surface area (Å²) in [7, 11) is 0. The first-order valence-electron chi connectivity index (χ1n) is 5.69. The van der Waals surface area contributed by atoms with Gasteiger partial charge in [0.2, 0.25) is 0 Å². The number of alkyl halides is 2. The van der Waals surface area contributed by atoms with Gasteiger partial charge in [-0.15, -0.1) is 0 Å². The molecule has 2 heterocycles. The molecule has 3 nitrogen and oxygen atoms in total. The Morgan fingerprint density at radius 1 is 1.21 bits per heavy atom. The molecule has 0 unspecified atom stereocenters. The van der Waals surface area contributed by atoms with Gasteiger partial charge in [0, 0.05) is 29.1 Å². The summed E-state index contributed by atoms with van der Waals surface area (Å²) < 4.78 is 28.2. The van der Waals surface area contributed by atoms with Crippen molar-refractivity contribution in [2.24, 2.45) is 0 Å². The summed E-state index contributed by atoms with van der Waals surface area (Å²) in [4.78, 5) is 3.97. The Morgan fingerprint density at radius 2 is 2.05 bits per heavy atom. The highest BCUT2D eigenvalue weighted by atomic mass is 35.5. The number of imidazole rings is 1. The van der Waals surface area contributed by atoms with E-state index in [2.05, 4.69) is 4.98 Å². The van der Waals surface area contributed by atoms with Crippen LogP contribution in [0.15, 0.2) is 42.9 Å². The van der Waals surface area contributed by atoms with Gasteiger partial charge < -0.3 is 4.57 Å². The molecule has 0 radical (unpaired) electrons. The van der Waals surface area contributed by atoms with Crippen LogP contribution in [0.2, 0.25) is 5.02 Å². The van der Waals surface area contributed by atoms with Crippen molar-refractivity contribution in [3.8, 4) is 0 Å². The van der Waals surface area contributed by atoms with E-state index < -0.39 is 6.55 Å². The quantitative estimate of drug-likeness (QED) is 0.713. The van der Waals surface area contributed by atoms with Gasteiger partial charge in [0.1, 0.15) is 5.82 Å². The molecule has 0 aliphatic rings. The second-order valence-corrected chi connectivity index (χ2v) is 4.61. The minimum Gasteiger partial charge on any atom is -0.340 e. The predicted molar refractivity (Wildman–Crippen MR) is 69.5 cm³/mol. The Balaban J connectivity index is 2.01. The number of fused-ring (bicyclic) bond motifs is 1. The highest BCUT2D eigenvalue weighted by Crippen LogP contribution is 2.22. The van der Waals surface area contributed by atoms with E-state index in [-0.39, 0.29) is 6.54 Å². The van der Waals surface area contributed by atoms with Gasteiger partial charge in [-0.2, -0.15) is 8.78 Å². The van der Waals surface area contributed by atoms with Gasteiger partial charge in [-0.25, -0.2) is 4.98 Å². The van der Waals surface area contributed by atoms with E-state index in [0.29, 0.717) is 10.8 Å². The van der Waals surface area contributed by atoms with E-state index in [1.54, 1.807) is 6.07 Å². The molecule has 0 aliphatic heterocycles. The molecule has 98 valence electrons. The van der Waals surface area contributed by atoms with Crippen LogP contribution in [0.25, 0.3) is 10.9 Å². The Hall–Kier alpha value is -1.88. The first kappa shape index (κ1) is 12.2. The highest BCUT2D eigenvalue weighted by molar-refractivity contribution is 6.31. The Morgan fingerprint density at radius 3 is 2.84 bits per heavy atom. The molecule has 1 aromatic carbocycles. The Kier molecular flexibility index (Phi) is 2.98. The number of hydrogen-bond donors (Lipinski definition) is 0. The van der Waals surface area contributed by atoms with Crippen LogP contribution >= 0.6 is 11.6 Å². The number of rotatable bonds is 3. The van der Waals surface area contributed by atoms with Crippen LogP contribution in [0.4, 0.5) is 8.78 Å². The fourth-order valence-corrected chi connectivity index (χ4v) is 2.26. The molecule has 0 fully saturated rings. The highest BCUT2D eigenvalue weighted by Gasteiger charge is 2.12. The summed E-state index contributed by atoms with van der Waals surface area (Å²) in [6.07, 6.45) is 4.49. The molecule has 3 rings (SSSR count). The van der Waals surface area contributed by atoms with Crippen LogP contribution in [0.3, 0.4) is 0 Å². The largest absolute Gasteiger partial charge is 0.340 e. The second-order valence-electron chi connectivity index (χ2n) is 4.18. The molecule has 19 heavy (non-hydrogen) atoms. The second kappa shape index (κ2) is 4.66. The average Bonchev–Trinajstić information content (AvgIpc) is 2.97. The zero-order valence-electron chi connectivity index (χ0n) is 9.80. The van der Waals surface area contributed by atoms with Gasteiger partial charge >= 0.3 is 6.55 Å². The standard InChI is InChI=1S/C13H10ClF2N3/c14-10-2-1-9-3-5-18(11(9)7-10)8-12-17-4-6-19(12)13(15)16/h1-7,13H,8H2. The summed E-state index contributed by atoms with van der Waals surface area (Å²) in [5.41, 5.74) is 0.899. The maximum atomic E-state index is 12.8. The molecule has 2 aromatic heterocycles. The third-order valence-corrected chi connectivity index (χ3v) is 3.24.